The first-order chi connectivity index (χ1) is 13.4. The van der Waals surface area contributed by atoms with Gasteiger partial charge in [0.25, 0.3) is 0 Å². The molecule has 8 heteroatoms. The van der Waals surface area contributed by atoms with Gasteiger partial charge in [0.05, 0.1) is 12.6 Å². The summed E-state index contributed by atoms with van der Waals surface area (Å²) < 4.78 is 18.6. The molecule has 0 radical (unpaired) electrons. The van der Waals surface area contributed by atoms with Crippen molar-refractivity contribution in [1.82, 2.24) is 20.4 Å². The highest BCUT2D eigenvalue weighted by atomic mass is 19.1. The van der Waals surface area contributed by atoms with E-state index in [2.05, 4.69) is 15.6 Å². The van der Waals surface area contributed by atoms with Gasteiger partial charge in [0, 0.05) is 32.7 Å². The van der Waals surface area contributed by atoms with Crippen LogP contribution in [0.1, 0.15) is 31.4 Å². The molecule has 1 aliphatic rings. The number of carbonyl (C=O) groups is 1. The van der Waals surface area contributed by atoms with Gasteiger partial charge in [-0.1, -0.05) is 12.1 Å². The summed E-state index contributed by atoms with van der Waals surface area (Å²) in [7, 11) is 5.67. The molecule has 1 saturated heterocycles. The van der Waals surface area contributed by atoms with Gasteiger partial charge >= 0.3 is 6.09 Å². The number of nitrogens with one attached hydrogen (secondary N) is 2. The fourth-order valence-electron chi connectivity index (χ4n) is 3.31. The van der Waals surface area contributed by atoms with Gasteiger partial charge in [-0.2, -0.15) is 0 Å². The molecule has 28 heavy (non-hydrogen) atoms. The average molecular weight is 394 g/mol. The van der Waals surface area contributed by atoms with E-state index in [0.717, 1.165) is 18.4 Å². The van der Waals surface area contributed by atoms with Crippen molar-refractivity contribution in [3.63, 3.8) is 0 Å². The van der Waals surface area contributed by atoms with Crippen LogP contribution in [0.25, 0.3) is 0 Å². The molecule has 0 spiro atoms. The Hall–Kier alpha value is -2.35. The number of hydrogen-bond donors (Lipinski definition) is 2. The second-order valence-electron chi connectivity index (χ2n) is 7.09. The monoisotopic (exact) mass is 393 g/mol. The molecule has 2 N–H and O–H groups in total. The zero-order valence-electron chi connectivity index (χ0n) is 17.2. The molecule has 0 aromatic heterocycles. The van der Waals surface area contributed by atoms with E-state index in [-0.39, 0.29) is 24.0 Å². The first-order valence-electron chi connectivity index (χ1n) is 9.75. The third kappa shape index (κ3) is 6.37. The minimum absolute atomic E-state index is 0.0138. The molecule has 1 aromatic rings. The second-order valence-corrected chi connectivity index (χ2v) is 7.09. The summed E-state index contributed by atoms with van der Waals surface area (Å²) in [5.74, 6) is 0.470. The van der Waals surface area contributed by atoms with Crippen molar-refractivity contribution >= 4 is 12.1 Å². The van der Waals surface area contributed by atoms with Crippen LogP contribution in [0.2, 0.25) is 0 Å². The Kier molecular flexibility index (Phi) is 8.50. The number of nitrogens with zero attached hydrogens (tertiary/aromatic N) is 3. The number of guanidine groups is 1. The second kappa shape index (κ2) is 10.8. The number of halogens is 1. The van der Waals surface area contributed by atoms with Crippen LogP contribution in [0.5, 0.6) is 0 Å². The van der Waals surface area contributed by atoms with Crippen LogP contribution in [0.15, 0.2) is 29.3 Å². The van der Waals surface area contributed by atoms with E-state index in [1.807, 2.05) is 32.0 Å². The van der Waals surface area contributed by atoms with E-state index >= 15 is 0 Å². The van der Waals surface area contributed by atoms with Crippen LogP contribution in [0.3, 0.4) is 0 Å². The lowest BCUT2D eigenvalue weighted by Gasteiger charge is -2.33. The number of aliphatic imine (C=N–C) groups is 1. The van der Waals surface area contributed by atoms with E-state index in [9.17, 15) is 9.18 Å². The number of rotatable bonds is 6. The van der Waals surface area contributed by atoms with Crippen molar-refractivity contribution < 1.29 is 13.9 Å². The average Bonchev–Trinajstić information content (AvgIpc) is 2.67. The minimum Gasteiger partial charge on any atom is -0.450 e. The van der Waals surface area contributed by atoms with Crippen molar-refractivity contribution in [2.24, 2.45) is 4.99 Å². The summed E-state index contributed by atoms with van der Waals surface area (Å²) in [6, 6.07) is 6.92. The number of carbonyl (C=O) groups excluding carboxylic acids is 1. The summed E-state index contributed by atoms with van der Waals surface area (Å²) >= 11 is 0. The Balaban J connectivity index is 1.86. The Morgan fingerprint density at radius 1 is 1.39 bits per heavy atom. The number of likely N-dealkylation sites (N-methyl/N-ethyl adjacent to an activating group) is 1. The van der Waals surface area contributed by atoms with Crippen LogP contribution in [0.4, 0.5) is 9.18 Å². The van der Waals surface area contributed by atoms with Crippen LogP contribution in [0, 0.1) is 5.82 Å². The van der Waals surface area contributed by atoms with Gasteiger partial charge in [-0.3, -0.25) is 4.99 Å². The summed E-state index contributed by atoms with van der Waals surface area (Å²) in [6.45, 7) is 4.13. The highest BCUT2D eigenvalue weighted by Gasteiger charge is 2.24. The number of amides is 1. The van der Waals surface area contributed by atoms with Gasteiger partial charge in [-0.25, -0.2) is 9.18 Å². The number of hydrogen-bond acceptors (Lipinski definition) is 4. The predicted octanol–water partition coefficient (Wildman–Crippen LogP) is 2.21. The molecule has 1 amide bonds. The van der Waals surface area contributed by atoms with Gasteiger partial charge < -0.3 is 25.2 Å². The first-order valence-corrected chi connectivity index (χ1v) is 9.75. The molecule has 7 nitrogen and oxygen atoms in total. The molecule has 0 saturated carbocycles. The molecule has 1 fully saturated rings. The molecule has 1 aromatic carbocycles. The van der Waals surface area contributed by atoms with Crippen LogP contribution < -0.4 is 10.6 Å². The highest BCUT2D eigenvalue weighted by Crippen LogP contribution is 2.18. The van der Waals surface area contributed by atoms with Crippen molar-refractivity contribution in [1.29, 1.82) is 0 Å². The van der Waals surface area contributed by atoms with Crippen LogP contribution in [-0.4, -0.2) is 75.3 Å². The molecule has 0 bridgehead atoms. The lowest BCUT2D eigenvalue weighted by Crippen LogP contribution is -2.50. The fraction of sp³-hybridized carbons (Fsp3) is 0.600. The van der Waals surface area contributed by atoms with E-state index < -0.39 is 0 Å². The summed E-state index contributed by atoms with van der Waals surface area (Å²) in [5.41, 5.74) is 0.913. The maximum absolute atomic E-state index is 13.6. The Bertz CT molecular complexity index is 660. The normalized spacial score (nSPS) is 16.8. The number of likely N-dealkylation sites (tertiary alicyclic amines) is 1. The van der Waals surface area contributed by atoms with E-state index in [4.69, 9.17) is 4.74 Å². The molecule has 2 rings (SSSR count). The molecule has 1 aliphatic heterocycles. The van der Waals surface area contributed by atoms with E-state index in [1.165, 1.54) is 6.07 Å². The van der Waals surface area contributed by atoms with E-state index in [1.54, 1.807) is 24.1 Å². The summed E-state index contributed by atoms with van der Waals surface area (Å²) in [4.78, 5) is 19.9. The number of ether oxygens (including phenoxy) is 1. The maximum atomic E-state index is 13.6. The quantitative estimate of drug-likeness (QED) is 0.573. The van der Waals surface area contributed by atoms with Crippen molar-refractivity contribution in [2.45, 2.75) is 31.8 Å². The zero-order valence-corrected chi connectivity index (χ0v) is 17.2. The highest BCUT2D eigenvalue weighted by molar-refractivity contribution is 5.80. The Morgan fingerprint density at radius 2 is 2.11 bits per heavy atom. The number of benzene rings is 1. The Labute approximate surface area is 166 Å². The van der Waals surface area contributed by atoms with Crippen molar-refractivity contribution in [3.05, 3.63) is 35.6 Å². The largest absolute Gasteiger partial charge is 0.450 e. The number of piperidine rings is 1. The van der Waals surface area contributed by atoms with Crippen LogP contribution in [-0.2, 0) is 4.74 Å². The smallest absolute Gasteiger partial charge is 0.409 e. The molecule has 0 aliphatic carbocycles. The summed E-state index contributed by atoms with van der Waals surface area (Å²) in [6.07, 6.45) is 1.42. The van der Waals surface area contributed by atoms with Gasteiger partial charge in [0.2, 0.25) is 0 Å². The topological polar surface area (TPSA) is 69.2 Å². The summed E-state index contributed by atoms with van der Waals surface area (Å²) in [5, 5.41) is 6.76. The zero-order chi connectivity index (χ0) is 20.5. The van der Waals surface area contributed by atoms with Gasteiger partial charge in [-0.15, -0.1) is 0 Å². The van der Waals surface area contributed by atoms with E-state index in [0.29, 0.717) is 32.2 Å². The molecular formula is C20H32FN5O2. The molecule has 156 valence electrons. The van der Waals surface area contributed by atoms with Crippen molar-refractivity contribution in [2.75, 3.05) is 47.4 Å². The third-order valence-electron chi connectivity index (χ3n) is 4.91. The van der Waals surface area contributed by atoms with Gasteiger partial charge in [0.15, 0.2) is 5.96 Å². The van der Waals surface area contributed by atoms with Gasteiger partial charge in [-0.05, 0) is 51.6 Å². The molecule has 1 unspecified atom stereocenters. The standard InChI is InChI=1S/C20H32FN5O2/c1-5-28-20(27)26-11-9-17(10-12-26)24-19(22-2)23-14-18(25(3)4)15-7-6-8-16(21)13-15/h6-8,13,17-18H,5,9-12,14H2,1-4H3,(H2,22,23,24). The first kappa shape index (κ1) is 21.9. The van der Waals surface area contributed by atoms with Gasteiger partial charge in [0.1, 0.15) is 5.82 Å². The third-order valence-corrected chi connectivity index (χ3v) is 4.91. The lowest BCUT2D eigenvalue weighted by atomic mass is 10.1. The SMILES string of the molecule is CCOC(=O)N1CCC(NC(=NC)NCC(c2cccc(F)c2)N(C)C)CC1. The molecule has 1 heterocycles. The molecule has 1 atom stereocenters. The minimum atomic E-state index is -0.243. The van der Waals surface area contributed by atoms with Crippen LogP contribution >= 0.6 is 0 Å². The predicted molar refractivity (Wildman–Crippen MR) is 109 cm³/mol. The fourth-order valence-corrected chi connectivity index (χ4v) is 3.31. The molecular weight excluding hydrogens is 361 g/mol. The lowest BCUT2D eigenvalue weighted by molar-refractivity contribution is 0.0963. The van der Waals surface area contributed by atoms with Crippen molar-refractivity contribution in [3.8, 4) is 0 Å². The Morgan fingerprint density at radius 3 is 2.68 bits per heavy atom. The maximum Gasteiger partial charge on any atom is 0.409 e.